The van der Waals surface area contributed by atoms with Gasteiger partial charge in [-0.25, -0.2) is 0 Å². The van der Waals surface area contributed by atoms with Crippen molar-refractivity contribution in [3.05, 3.63) is 48.0 Å². The summed E-state index contributed by atoms with van der Waals surface area (Å²) < 4.78 is 5.50. The Kier molecular flexibility index (Phi) is 2.91. The lowest BCUT2D eigenvalue weighted by atomic mass is 9.72. The maximum Gasteiger partial charge on any atom is 0.311 e. The molecular weight excluding hydrogens is 276 g/mol. The van der Waals surface area contributed by atoms with E-state index in [0.29, 0.717) is 5.56 Å². The first-order valence-electron chi connectivity index (χ1n) is 6.40. The number of carboxylic acid groups (broad SMARTS) is 2. The number of rotatable bonds is 4. The van der Waals surface area contributed by atoms with Crippen LogP contribution in [0.4, 0.5) is 0 Å². The second-order valence-electron chi connectivity index (χ2n) is 5.11. The van der Waals surface area contributed by atoms with E-state index >= 15 is 0 Å². The van der Waals surface area contributed by atoms with Gasteiger partial charge in [-0.05, 0) is 6.08 Å². The summed E-state index contributed by atoms with van der Waals surface area (Å²) in [5.41, 5.74) is -1.44. The molecule has 2 aliphatic heterocycles. The Morgan fingerprint density at radius 2 is 1.71 bits per heavy atom. The van der Waals surface area contributed by atoms with Crippen molar-refractivity contribution in [3.8, 4) is 0 Å². The van der Waals surface area contributed by atoms with Crippen LogP contribution in [0.25, 0.3) is 0 Å². The smallest absolute Gasteiger partial charge is 0.311 e. The summed E-state index contributed by atoms with van der Waals surface area (Å²) in [7, 11) is 0. The Bertz CT molecular complexity index is 649. The van der Waals surface area contributed by atoms with Crippen LogP contribution in [-0.2, 0) is 14.3 Å². The molecule has 4 unspecified atom stereocenters. The number of benzene rings is 1. The van der Waals surface area contributed by atoms with Crippen molar-refractivity contribution in [1.82, 2.24) is 0 Å². The third kappa shape index (κ3) is 1.80. The zero-order valence-corrected chi connectivity index (χ0v) is 10.8. The molecule has 2 aliphatic rings. The molecule has 0 radical (unpaired) electrons. The normalized spacial score (nSPS) is 33.0. The van der Waals surface area contributed by atoms with Crippen LogP contribution >= 0.6 is 0 Å². The molecule has 21 heavy (non-hydrogen) atoms. The fourth-order valence-corrected chi connectivity index (χ4v) is 3.07. The summed E-state index contributed by atoms with van der Waals surface area (Å²) in [5.74, 6) is -5.85. The quantitative estimate of drug-likeness (QED) is 0.632. The minimum atomic E-state index is -1.74. The van der Waals surface area contributed by atoms with Crippen molar-refractivity contribution < 1.29 is 29.3 Å². The van der Waals surface area contributed by atoms with Crippen molar-refractivity contribution in [1.29, 1.82) is 0 Å². The number of carbonyl (C=O) groups is 3. The molecule has 0 aromatic heterocycles. The van der Waals surface area contributed by atoms with Gasteiger partial charge in [0.15, 0.2) is 11.4 Å². The fraction of sp³-hybridized carbons (Fsp3) is 0.267. The summed E-state index contributed by atoms with van der Waals surface area (Å²) in [6.07, 6.45) is 1.95. The minimum absolute atomic E-state index is 0.292. The van der Waals surface area contributed by atoms with E-state index in [2.05, 4.69) is 0 Å². The van der Waals surface area contributed by atoms with Crippen molar-refractivity contribution in [3.63, 3.8) is 0 Å². The average molecular weight is 288 g/mol. The van der Waals surface area contributed by atoms with E-state index in [0.717, 1.165) is 0 Å². The predicted molar refractivity (Wildman–Crippen MR) is 69.8 cm³/mol. The van der Waals surface area contributed by atoms with Gasteiger partial charge in [0.2, 0.25) is 0 Å². The predicted octanol–water partition coefficient (Wildman–Crippen LogP) is 0.978. The third-order valence-electron chi connectivity index (χ3n) is 3.98. The van der Waals surface area contributed by atoms with E-state index in [1.807, 2.05) is 0 Å². The van der Waals surface area contributed by atoms with E-state index in [-0.39, 0.29) is 0 Å². The highest BCUT2D eigenvalue weighted by Crippen LogP contribution is 2.49. The molecule has 4 atom stereocenters. The lowest BCUT2D eigenvalue weighted by Gasteiger charge is -2.28. The van der Waals surface area contributed by atoms with Crippen LogP contribution in [-0.4, -0.2) is 39.6 Å². The molecule has 6 nitrogen and oxygen atoms in total. The topological polar surface area (TPSA) is 101 Å². The second-order valence-corrected chi connectivity index (χ2v) is 5.11. The van der Waals surface area contributed by atoms with Gasteiger partial charge < -0.3 is 14.9 Å². The summed E-state index contributed by atoms with van der Waals surface area (Å²) >= 11 is 0. The molecule has 0 saturated carbocycles. The first-order chi connectivity index (χ1) is 9.97. The van der Waals surface area contributed by atoms with Crippen LogP contribution in [0.1, 0.15) is 10.4 Å². The molecule has 2 heterocycles. The van der Waals surface area contributed by atoms with Crippen molar-refractivity contribution in [2.45, 2.75) is 11.7 Å². The molecule has 0 amide bonds. The number of carbonyl (C=O) groups excluding carboxylic acids is 1. The van der Waals surface area contributed by atoms with Gasteiger partial charge in [0.25, 0.3) is 0 Å². The molecule has 108 valence electrons. The number of aliphatic carboxylic acids is 2. The highest BCUT2D eigenvalue weighted by molar-refractivity contribution is 6.08. The molecule has 1 fully saturated rings. The minimum Gasteiger partial charge on any atom is -0.481 e. The number of fused-ring (bicyclic) bond motifs is 2. The van der Waals surface area contributed by atoms with Crippen LogP contribution in [0.5, 0.6) is 0 Å². The lowest BCUT2D eigenvalue weighted by Crippen LogP contribution is -2.48. The highest BCUT2D eigenvalue weighted by Gasteiger charge is 2.65. The Morgan fingerprint density at radius 3 is 2.29 bits per heavy atom. The number of ether oxygens (including phenoxy) is 1. The van der Waals surface area contributed by atoms with Crippen molar-refractivity contribution >= 4 is 17.7 Å². The molecule has 0 aliphatic carbocycles. The summed E-state index contributed by atoms with van der Waals surface area (Å²) in [6.45, 7) is 0. The van der Waals surface area contributed by atoms with Gasteiger partial charge >= 0.3 is 11.9 Å². The van der Waals surface area contributed by atoms with E-state index in [1.165, 1.54) is 12.2 Å². The zero-order chi connectivity index (χ0) is 15.2. The van der Waals surface area contributed by atoms with Gasteiger partial charge in [0, 0.05) is 5.56 Å². The molecular formula is C15H12O6. The number of carboxylic acids is 2. The SMILES string of the molecule is O=C(O)C1C2C=CC(C(=O)c3ccccc3)(O2)C1C(=O)O. The van der Waals surface area contributed by atoms with Crippen molar-refractivity contribution in [2.75, 3.05) is 0 Å². The fourth-order valence-electron chi connectivity index (χ4n) is 3.07. The summed E-state index contributed by atoms with van der Waals surface area (Å²) in [6, 6.07) is 8.13. The Balaban J connectivity index is 2.08. The zero-order valence-electron chi connectivity index (χ0n) is 10.8. The van der Waals surface area contributed by atoms with Gasteiger partial charge in [-0.3, -0.25) is 14.4 Å². The number of ketones is 1. The molecule has 2 N–H and O–H groups in total. The van der Waals surface area contributed by atoms with Gasteiger partial charge in [0.05, 0.1) is 6.10 Å². The maximum absolute atomic E-state index is 12.7. The Hall–Kier alpha value is -2.47. The van der Waals surface area contributed by atoms with E-state index < -0.39 is 41.3 Å². The van der Waals surface area contributed by atoms with Crippen LogP contribution in [0, 0.1) is 11.8 Å². The van der Waals surface area contributed by atoms with Gasteiger partial charge in [-0.15, -0.1) is 0 Å². The van der Waals surface area contributed by atoms with E-state index in [4.69, 9.17) is 4.74 Å². The summed E-state index contributed by atoms with van der Waals surface area (Å²) in [4.78, 5) is 35.5. The van der Waals surface area contributed by atoms with Crippen LogP contribution < -0.4 is 0 Å². The maximum atomic E-state index is 12.7. The van der Waals surface area contributed by atoms with Gasteiger partial charge in [-0.1, -0.05) is 36.4 Å². The monoisotopic (exact) mass is 288 g/mol. The lowest BCUT2D eigenvalue weighted by molar-refractivity contribution is -0.153. The van der Waals surface area contributed by atoms with E-state index in [1.54, 1.807) is 30.3 Å². The summed E-state index contributed by atoms with van der Waals surface area (Å²) in [5, 5.41) is 18.6. The largest absolute Gasteiger partial charge is 0.481 e. The highest BCUT2D eigenvalue weighted by atomic mass is 16.5. The second kappa shape index (κ2) is 4.53. The van der Waals surface area contributed by atoms with E-state index in [9.17, 15) is 24.6 Å². The molecule has 1 aromatic carbocycles. The standard InChI is InChI=1S/C15H12O6/c16-12(8-4-2-1-3-5-8)15-7-6-9(21-15)10(13(17)18)11(15)14(19)20/h1-7,9-11H,(H,17,18)(H,19,20). The van der Waals surface area contributed by atoms with Crippen molar-refractivity contribution in [2.24, 2.45) is 11.8 Å². The molecule has 3 rings (SSSR count). The van der Waals surface area contributed by atoms with Crippen LogP contribution in [0.15, 0.2) is 42.5 Å². The Morgan fingerprint density at radius 1 is 1.05 bits per heavy atom. The number of Topliss-reactive ketones (excluding diaryl/α,β-unsaturated/α-hetero) is 1. The Labute approximate surface area is 119 Å². The molecule has 0 spiro atoms. The third-order valence-corrected chi connectivity index (χ3v) is 3.98. The van der Waals surface area contributed by atoms with Gasteiger partial charge in [0.1, 0.15) is 11.8 Å². The molecule has 6 heteroatoms. The molecule has 1 aromatic rings. The average Bonchev–Trinajstić information content (AvgIpc) is 3.04. The number of hydrogen-bond acceptors (Lipinski definition) is 4. The molecule has 1 saturated heterocycles. The molecule has 2 bridgehead atoms. The van der Waals surface area contributed by atoms with Crippen LogP contribution in [0.2, 0.25) is 0 Å². The number of hydrogen-bond donors (Lipinski definition) is 2. The first-order valence-corrected chi connectivity index (χ1v) is 6.40. The van der Waals surface area contributed by atoms with Gasteiger partial charge in [-0.2, -0.15) is 0 Å². The van der Waals surface area contributed by atoms with Crippen LogP contribution in [0.3, 0.4) is 0 Å². The first kappa shape index (κ1) is 13.5.